The molecule has 0 spiro atoms. The average Bonchev–Trinajstić information content (AvgIpc) is 2.95. The number of carbonyl (C=O) groups is 1. The zero-order valence-corrected chi connectivity index (χ0v) is 11.7. The summed E-state index contributed by atoms with van der Waals surface area (Å²) < 4.78 is 5.84. The summed E-state index contributed by atoms with van der Waals surface area (Å²) in [6, 6.07) is 16.9. The molecule has 21 heavy (non-hydrogen) atoms. The molecule has 1 heterocycles. The van der Waals surface area contributed by atoms with Crippen molar-refractivity contribution >= 4 is 5.91 Å². The van der Waals surface area contributed by atoms with Gasteiger partial charge in [-0.2, -0.15) is 0 Å². The lowest BCUT2D eigenvalue weighted by Gasteiger charge is -2.18. The molecule has 0 aliphatic carbocycles. The monoisotopic (exact) mass is 282 g/mol. The van der Waals surface area contributed by atoms with Crippen LogP contribution in [-0.4, -0.2) is 29.9 Å². The molecule has 4 heteroatoms. The summed E-state index contributed by atoms with van der Waals surface area (Å²) in [5.74, 6) is 1.28. The van der Waals surface area contributed by atoms with Gasteiger partial charge in [0.1, 0.15) is 11.5 Å². The third-order valence-corrected chi connectivity index (χ3v) is 3.60. The largest absolute Gasteiger partial charge is 0.457 e. The van der Waals surface area contributed by atoms with Crippen molar-refractivity contribution in [1.29, 1.82) is 0 Å². The summed E-state index contributed by atoms with van der Waals surface area (Å²) in [7, 11) is 0. The first-order chi connectivity index (χ1) is 10.2. The van der Waals surface area contributed by atoms with Gasteiger partial charge in [-0.25, -0.2) is 0 Å². The maximum absolute atomic E-state index is 12.6. The number of ether oxygens (including phenoxy) is 1. The molecule has 1 aliphatic heterocycles. The smallest absolute Gasteiger partial charge is 0.257 e. The van der Waals surface area contributed by atoms with Crippen LogP contribution in [0, 0.1) is 0 Å². The topological polar surface area (TPSA) is 55.6 Å². The molecule has 1 fully saturated rings. The molecule has 2 N–H and O–H groups in total. The second-order valence-corrected chi connectivity index (χ2v) is 5.21. The predicted molar refractivity (Wildman–Crippen MR) is 81.5 cm³/mol. The van der Waals surface area contributed by atoms with Crippen LogP contribution >= 0.6 is 0 Å². The Morgan fingerprint density at radius 1 is 1.10 bits per heavy atom. The van der Waals surface area contributed by atoms with Gasteiger partial charge in [-0.3, -0.25) is 4.79 Å². The van der Waals surface area contributed by atoms with E-state index in [0.29, 0.717) is 24.4 Å². The number of likely N-dealkylation sites (tertiary alicyclic amines) is 1. The van der Waals surface area contributed by atoms with Crippen molar-refractivity contribution in [2.45, 2.75) is 12.5 Å². The molecule has 2 aromatic carbocycles. The van der Waals surface area contributed by atoms with Crippen LogP contribution in [0.1, 0.15) is 16.8 Å². The fourth-order valence-electron chi connectivity index (χ4n) is 2.49. The zero-order chi connectivity index (χ0) is 14.7. The van der Waals surface area contributed by atoms with Gasteiger partial charge in [0.2, 0.25) is 0 Å². The second kappa shape index (κ2) is 5.97. The van der Waals surface area contributed by atoms with Crippen molar-refractivity contribution in [2.24, 2.45) is 5.73 Å². The predicted octanol–water partition coefficient (Wildman–Crippen LogP) is 2.65. The summed E-state index contributed by atoms with van der Waals surface area (Å²) in [6.45, 7) is 1.32. The fraction of sp³-hybridized carbons (Fsp3) is 0.235. The minimum absolute atomic E-state index is 0.0190. The third-order valence-electron chi connectivity index (χ3n) is 3.60. The highest BCUT2D eigenvalue weighted by molar-refractivity contribution is 5.97. The highest BCUT2D eigenvalue weighted by Crippen LogP contribution is 2.26. The van der Waals surface area contributed by atoms with E-state index in [1.807, 2.05) is 48.5 Å². The van der Waals surface area contributed by atoms with Crippen LogP contribution in [-0.2, 0) is 0 Å². The van der Waals surface area contributed by atoms with Gasteiger partial charge in [0.05, 0.1) is 5.56 Å². The molecule has 2 aromatic rings. The van der Waals surface area contributed by atoms with E-state index < -0.39 is 0 Å². The van der Waals surface area contributed by atoms with Crippen LogP contribution in [0.4, 0.5) is 0 Å². The van der Waals surface area contributed by atoms with Crippen LogP contribution in [0.25, 0.3) is 0 Å². The Kier molecular flexibility index (Phi) is 3.88. The van der Waals surface area contributed by atoms with Crippen molar-refractivity contribution in [3.63, 3.8) is 0 Å². The molecule has 108 valence electrons. The quantitative estimate of drug-likeness (QED) is 0.941. The molecular formula is C17H18N2O2. The van der Waals surface area contributed by atoms with Gasteiger partial charge in [-0.05, 0) is 30.7 Å². The molecule has 0 bridgehead atoms. The normalized spacial score (nSPS) is 17.8. The van der Waals surface area contributed by atoms with E-state index in [4.69, 9.17) is 10.5 Å². The van der Waals surface area contributed by atoms with Gasteiger partial charge in [-0.15, -0.1) is 0 Å². The average molecular weight is 282 g/mol. The molecule has 0 unspecified atom stereocenters. The SMILES string of the molecule is N[C@@H]1CCN(C(=O)c2ccccc2Oc2ccccc2)C1. The Hall–Kier alpha value is -2.33. The van der Waals surface area contributed by atoms with E-state index in [-0.39, 0.29) is 11.9 Å². The lowest BCUT2D eigenvalue weighted by atomic mass is 10.1. The van der Waals surface area contributed by atoms with Gasteiger partial charge in [-0.1, -0.05) is 30.3 Å². The van der Waals surface area contributed by atoms with Crippen molar-refractivity contribution in [2.75, 3.05) is 13.1 Å². The van der Waals surface area contributed by atoms with E-state index in [0.717, 1.165) is 12.2 Å². The summed E-state index contributed by atoms with van der Waals surface area (Å²) in [6.07, 6.45) is 0.855. The minimum Gasteiger partial charge on any atom is -0.457 e. The van der Waals surface area contributed by atoms with E-state index in [2.05, 4.69) is 0 Å². The van der Waals surface area contributed by atoms with E-state index in [9.17, 15) is 4.79 Å². The first-order valence-electron chi connectivity index (χ1n) is 7.11. The number of nitrogens with two attached hydrogens (primary N) is 1. The molecule has 1 amide bonds. The number of para-hydroxylation sites is 2. The number of amides is 1. The van der Waals surface area contributed by atoms with Crippen LogP contribution in [0.15, 0.2) is 54.6 Å². The first-order valence-corrected chi connectivity index (χ1v) is 7.11. The molecule has 0 radical (unpaired) electrons. The molecule has 0 aromatic heterocycles. The molecule has 3 rings (SSSR count). The summed E-state index contributed by atoms with van der Waals surface area (Å²) >= 11 is 0. The number of hydrogen-bond acceptors (Lipinski definition) is 3. The molecule has 1 saturated heterocycles. The Balaban J connectivity index is 1.84. The maximum atomic E-state index is 12.6. The fourth-order valence-corrected chi connectivity index (χ4v) is 2.49. The van der Waals surface area contributed by atoms with Gasteiger partial charge in [0, 0.05) is 19.1 Å². The molecule has 1 atom stereocenters. The summed E-state index contributed by atoms with van der Waals surface area (Å²) in [5.41, 5.74) is 6.46. The van der Waals surface area contributed by atoms with Gasteiger partial charge >= 0.3 is 0 Å². The van der Waals surface area contributed by atoms with Crippen molar-refractivity contribution in [3.8, 4) is 11.5 Å². The van der Waals surface area contributed by atoms with E-state index in [1.165, 1.54) is 0 Å². The van der Waals surface area contributed by atoms with Gasteiger partial charge in [0.15, 0.2) is 0 Å². The Labute approximate surface area is 124 Å². The zero-order valence-electron chi connectivity index (χ0n) is 11.7. The lowest BCUT2D eigenvalue weighted by Crippen LogP contribution is -2.32. The number of hydrogen-bond donors (Lipinski definition) is 1. The third kappa shape index (κ3) is 3.06. The summed E-state index contributed by atoms with van der Waals surface area (Å²) in [4.78, 5) is 14.4. The first kappa shape index (κ1) is 13.6. The van der Waals surface area contributed by atoms with E-state index >= 15 is 0 Å². The van der Waals surface area contributed by atoms with Gasteiger partial charge in [0.25, 0.3) is 5.91 Å². The number of benzene rings is 2. The maximum Gasteiger partial charge on any atom is 0.257 e. The molecule has 4 nitrogen and oxygen atoms in total. The summed E-state index contributed by atoms with van der Waals surface area (Å²) in [5, 5.41) is 0. The van der Waals surface area contributed by atoms with Crippen LogP contribution in [0.3, 0.4) is 0 Å². The van der Waals surface area contributed by atoms with Crippen LogP contribution in [0.5, 0.6) is 11.5 Å². The van der Waals surface area contributed by atoms with Crippen molar-refractivity contribution < 1.29 is 9.53 Å². The van der Waals surface area contributed by atoms with Crippen LogP contribution < -0.4 is 10.5 Å². The van der Waals surface area contributed by atoms with Crippen LogP contribution in [0.2, 0.25) is 0 Å². The highest BCUT2D eigenvalue weighted by atomic mass is 16.5. The van der Waals surface area contributed by atoms with Gasteiger partial charge < -0.3 is 15.4 Å². The molecule has 0 saturated carbocycles. The standard InChI is InChI=1S/C17H18N2O2/c18-13-10-11-19(12-13)17(20)15-8-4-5-9-16(15)21-14-6-2-1-3-7-14/h1-9,13H,10-12,18H2/t13-/m1/s1. The Morgan fingerprint density at radius 3 is 2.52 bits per heavy atom. The number of rotatable bonds is 3. The number of nitrogens with zero attached hydrogens (tertiary/aromatic N) is 1. The molecular weight excluding hydrogens is 264 g/mol. The highest BCUT2D eigenvalue weighted by Gasteiger charge is 2.26. The second-order valence-electron chi connectivity index (χ2n) is 5.21. The van der Waals surface area contributed by atoms with Crippen molar-refractivity contribution in [3.05, 3.63) is 60.2 Å². The van der Waals surface area contributed by atoms with E-state index in [1.54, 1.807) is 11.0 Å². The minimum atomic E-state index is -0.0190. The Bertz CT molecular complexity index is 628. The Morgan fingerprint density at radius 2 is 1.81 bits per heavy atom. The molecule has 1 aliphatic rings. The van der Waals surface area contributed by atoms with Crippen molar-refractivity contribution in [1.82, 2.24) is 4.90 Å². The lowest BCUT2D eigenvalue weighted by molar-refractivity contribution is 0.0788. The number of carbonyl (C=O) groups excluding carboxylic acids is 1.